The van der Waals surface area contributed by atoms with Gasteiger partial charge >= 0.3 is 0 Å². The van der Waals surface area contributed by atoms with Gasteiger partial charge < -0.3 is 0 Å². The molecule has 1 aliphatic rings. The van der Waals surface area contributed by atoms with Gasteiger partial charge in [0.25, 0.3) is 0 Å². The van der Waals surface area contributed by atoms with Crippen LogP contribution in [0.2, 0.25) is 0 Å². The van der Waals surface area contributed by atoms with E-state index >= 15 is 0 Å². The van der Waals surface area contributed by atoms with Crippen LogP contribution < -0.4 is 0 Å². The van der Waals surface area contributed by atoms with Crippen LogP contribution in [0.25, 0.3) is 0 Å². The van der Waals surface area contributed by atoms with Crippen LogP contribution in [0.4, 0.5) is 8.78 Å². The summed E-state index contributed by atoms with van der Waals surface area (Å²) in [6, 6.07) is 10.5. The maximum atomic E-state index is 13.4. The van der Waals surface area contributed by atoms with Gasteiger partial charge in [-0.3, -0.25) is 0 Å². The second-order valence-electron chi connectivity index (χ2n) is 6.01. The lowest BCUT2D eigenvalue weighted by molar-refractivity contribution is 0.426. The lowest BCUT2D eigenvalue weighted by atomic mass is 10.0. The van der Waals surface area contributed by atoms with E-state index in [-0.39, 0.29) is 10.1 Å². The third-order valence-corrected chi connectivity index (χ3v) is 7.50. The molecule has 0 spiro atoms. The van der Waals surface area contributed by atoms with Gasteiger partial charge in [-0.25, -0.2) is 17.2 Å². The van der Waals surface area contributed by atoms with Gasteiger partial charge in [-0.15, -0.1) is 0 Å². The standard InChI is InChI=1S/C18H19F2NO2S2/c1-13-4-2-3-5-17(13)18-6-7-21(8-9-24-18)25(22,23)16-11-14(19)10-15(20)12-16/h2-5,10-12,18H,6-9H2,1H3. The normalized spacial score (nSPS) is 19.6. The summed E-state index contributed by atoms with van der Waals surface area (Å²) in [7, 11) is -3.91. The van der Waals surface area contributed by atoms with E-state index in [1.807, 2.05) is 25.1 Å². The molecule has 1 aliphatic heterocycles. The van der Waals surface area contributed by atoms with Crippen molar-refractivity contribution in [2.75, 3.05) is 18.8 Å². The van der Waals surface area contributed by atoms with Crippen molar-refractivity contribution in [2.45, 2.75) is 23.5 Å². The first-order valence-electron chi connectivity index (χ1n) is 8.01. The Morgan fingerprint density at radius 1 is 1.08 bits per heavy atom. The number of halogens is 2. The van der Waals surface area contributed by atoms with Gasteiger partial charge in [-0.2, -0.15) is 16.1 Å². The number of rotatable bonds is 3. The predicted octanol–water partition coefficient (Wildman–Crippen LogP) is 4.14. The third-order valence-electron chi connectivity index (χ3n) is 4.31. The van der Waals surface area contributed by atoms with Gasteiger partial charge in [0.15, 0.2) is 0 Å². The molecule has 1 atom stereocenters. The molecule has 7 heteroatoms. The molecule has 0 aliphatic carbocycles. The van der Waals surface area contributed by atoms with E-state index in [0.29, 0.717) is 31.3 Å². The molecule has 1 heterocycles. The summed E-state index contributed by atoms with van der Waals surface area (Å²) in [6.07, 6.45) is 0.659. The van der Waals surface area contributed by atoms with Crippen molar-refractivity contribution in [3.63, 3.8) is 0 Å². The number of aryl methyl sites for hydroxylation is 1. The molecule has 2 aromatic rings. The van der Waals surface area contributed by atoms with E-state index in [4.69, 9.17) is 0 Å². The molecule has 0 radical (unpaired) electrons. The summed E-state index contributed by atoms with van der Waals surface area (Å²) in [4.78, 5) is -0.329. The van der Waals surface area contributed by atoms with Crippen molar-refractivity contribution in [3.05, 3.63) is 65.2 Å². The highest BCUT2D eigenvalue weighted by Gasteiger charge is 2.29. The number of benzene rings is 2. The van der Waals surface area contributed by atoms with E-state index in [2.05, 4.69) is 6.07 Å². The zero-order chi connectivity index (χ0) is 18.0. The summed E-state index contributed by atoms with van der Waals surface area (Å²) in [6.45, 7) is 2.70. The number of thioether (sulfide) groups is 1. The molecule has 1 fully saturated rings. The highest BCUT2D eigenvalue weighted by molar-refractivity contribution is 7.99. The van der Waals surface area contributed by atoms with Crippen LogP contribution in [0, 0.1) is 18.6 Å². The van der Waals surface area contributed by atoms with Crippen LogP contribution in [-0.4, -0.2) is 31.6 Å². The fourth-order valence-corrected chi connectivity index (χ4v) is 5.95. The minimum Gasteiger partial charge on any atom is -0.207 e. The topological polar surface area (TPSA) is 37.4 Å². The van der Waals surface area contributed by atoms with E-state index in [9.17, 15) is 17.2 Å². The Balaban J connectivity index is 1.82. The molecule has 0 bridgehead atoms. The molecule has 2 aromatic carbocycles. The van der Waals surface area contributed by atoms with Crippen molar-refractivity contribution >= 4 is 21.8 Å². The smallest absolute Gasteiger partial charge is 0.207 e. The number of nitrogens with zero attached hydrogens (tertiary/aromatic N) is 1. The van der Waals surface area contributed by atoms with Crippen molar-refractivity contribution in [1.29, 1.82) is 0 Å². The fraction of sp³-hybridized carbons (Fsp3) is 0.333. The highest BCUT2D eigenvalue weighted by Crippen LogP contribution is 2.37. The van der Waals surface area contributed by atoms with Crippen molar-refractivity contribution in [3.8, 4) is 0 Å². The van der Waals surface area contributed by atoms with Crippen LogP contribution in [0.3, 0.4) is 0 Å². The maximum absolute atomic E-state index is 13.4. The lowest BCUT2D eigenvalue weighted by Crippen LogP contribution is -2.33. The summed E-state index contributed by atoms with van der Waals surface area (Å²) in [5.41, 5.74) is 2.40. The maximum Gasteiger partial charge on any atom is 0.243 e. The lowest BCUT2D eigenvalue weighted by Gasteiger charge is -2.20. The molecule has 0 saturated carbocycles. The monoisotopic (exact) mass is 383 g/mol. The molecule has 1 unspecified atom stereocenters. The van der Waals surface area contributed by atoms with Gasteiger partial charge in [0.1, 0.15) is 11.6 Å². The Morgan fingerprint density at radius 2 is 1.76 bits per heavy atom. The molecule has 0 amide bonds. The first-order valence-corrected chi connectivity index (χ1v) is 10.5. The van der Waals surface area contributed by atoms with Crippen LogP contribution in [0.5, 0.6) is 0 Å². The molecule has 0 N–H and O–H groups in total. The Hall–Kier alpha value is -1.44. The van der Waals surface area contributed by atoms with Gasteiger partial charge in [0.2, 0.25) is 10.0 Å². The van der Waals surface area contributed by atoms with Gasteiger partial charge in [-0.1, -0.05) is 24.3 Å². The average molecular weight is 383 g/mol. The fourth-order valence-electron chi connectivity index (χ4n) is 3.01. The Bertz CT molecular complexity index is 851. The minimum atomic E-state index is -3.91. The first-order chi connectivity index (χ1) is 11.9. The van der Waals surface area contributed by atoms with Crippen LogP contribution in [0.15, 0.2) is 47.4 Å². The number of hydrogen-bond donors (Lipinski definition) is 0. The summed E-state index contributed by atoms with van der Waals surface area (Å²) < 4.78 is 53.6. The van der Waals surface area contributed by atoms with E-state index in [1.165, 1.54) is 15.4 Å². The second-order valence-corrected chi connectivity index (χ2v) is 9.26. The van der Waals surface area contributed by atoms with Crippen LogP contribution in [0.1, 0.15) is 22.8 Å². The molecular formula is C18H19F2NO2S2. The van der Waals surface area contributed by atoms with E-state index < -0.39 is 21.7 Å². The SMILES string of the molecule is Cc1ccccc1C1CCN(S(=O)(=O)c2cc(F)cc(F)c2)CCS1. The van der Waals surface area contributed by atoms with Gasteiger partial charge in [-0.05, 0) is 36.6 Å². The highest BCUT2D eigenvalue weighted by atomic mass is 32.2. The summed E-state index contributed by atoms with van der Waals surface area (Å²) in [5, 5.41) is 0.214. The van der Waals surface area contributed by atoms with Crippen molar-refractivity contribution in [2.24, 2.45) is 0 Å². The molecule has 3 rings (SSSR count). The Kier molecular flexibility index (Phi) is 5.46. The van der Waals surface area contributed by atoms with E-state index in [0.717, 1.165) is 12.1 Å². The largest absolute Gasteiger partial charge is 0.243 e. The molecule has 25 heavy (non-hydrogen) atoms. The second kappa shape index (κ2) is 7.43. The molecule has 1 saturated heterocycles. The Morgan fingerprint density at radius 3 is 2.44 bits per heavy atom. The minimum absolute atomic E-state index is 0.214. The first kappa shape index (κ1) is 18.4. The average Bonchev–Trinajstić information content (AvgIpc) is 2.81. The predicted molar refractivity (Wildman–Crippen MR) is 96.1 cm³/mol. The van der Waals surface area contributed by atoms with Crippen LogP contribution >= 0.6 is 11.8 Å². The van der Waals surface area contributed by atoms with Crippen LogP contribution in [-0.2, 0) is 10.0 Å². The Labute approximate surface area is 151 Å². The summed E-state index contributed by atoms with van der Waals surface area (Å²) in [5.74, 6) is -1.14. The quantitative estimate of drug-likeness (QED) is 0.799. The molecular weight excluding hydrogens is 364 g/mol. The number of sulfonamides is 1. The molecule has 3 nitrogen and oxygen atoms in total. The third kappa shape index (κ3) is 4.04. The van der Waals surface area contributed by atoms with E-state index in [1.54, 1.807) is 11.8 Å². The summed E-state index contributed by atoms with van der Waals surface area (Å²) >= 11 is 1.72. The zero-order valence-electron chi connectivity index (χ0n) is 13.8. The van der Waals surface area contributed by atoms with Gasteiger partial charge in [0.05, 0.1) is 4.90 Å². The molecule has 0 aromatic heterocycles. The van der Waals surface area contributed by atoms with Gasteiger partial charge in [0, 0.05) is 30.2 Å². The molecule has 134 valence electrons. The zero-order valence-corrected chi connectivity index (χ0v) is 15.4. The number of hydrogen-bond acceptors (Lipinski definition) is 3. The van der Waals surface area contributed by atoms with Crippen molar-refractivity contribution < 1.29 is 17.2 Å². The van der Waals surface area contributed by atoms with Crippen molar-refractivity contribution in [1.82, 2.24) is 4.31 Å².